The first-order valence-electron chi connectivity index (χ1n) is 5.30. The lowest BCUT2D eigenvalue weighted by molar-refractivity contribution is -0.185. The van der Waals surface area contributed by atoms with Gasteiger partial charge in [-0.05, 0) is 24.6 Å². The molecule has 86 valence electrons. The van der Waals surface area contributed by atoms with E-state index in [4.69, 9.17) is 16.4 Å². The van der Waals surface area contributed by atoms with Crippen molar-refractivity contribution in [3.63, 3.8) is 0 Å². The summed E-state index contributed by atoms with van der Waals surface area (Å²) in [4.78, 5) is 16.9. The molecule has 3 nitrogen and oxygen atoms in total. The summed E-state index contributed by atoms with van der Waals surface area (Å²) in [7, 11) is 0. The maximum atomic E-state index is 11.3. The highest BCUT2D eigenvalue weighted by molar-refractivity contribution is 6.30. The lowest BCUT2D eigenvalue weighted by atomic mass is 10.0. The molecule has 2 atom stereocenters. The molecule has 1 aliphatic heterocycles. The Balaban J connectivity index is 2.13. The number of nitrogens with zero attached hydrogens (tertiary/aromatic N) is 1. The summed E-state index contributed by atoms with van der Waals surface area (Å²) in [6.45, 7) is 3.50. The molecule has 1 fully saturated rings. The number of hydrogen-bond donors (Lipinski definition) is 0. The third-order valence-corrected chi connectivity index (χ3v) is 3.00. The van der Waals surface area contributed by atoms with Crippen molar-refractivity contribution in [3.05, 3.63) is 34.9 Å². The second-order valence-corrected chi connectivity index (χ2v) is 4.51. The van der Waals surface area contributed by atoms with Crippen molar-refractivity contribution >= 4 is 17.5 Å². The summed E-state index contributed by atoms with van der Waals surface area (Å²) >= 11 is 5.82. The fourth-order valence-electron chi connectivity index (χ4n) is 1.95. The van der Waals surface area contributed by atoms with E-state index in [1.807, 2.05) is 31.2 Å². The van der Waals surface area contributed by atoms with Crippen molar-refractivity contribution in [2.45, 2.75) is 32.4 Å². The van der Waals surface area contributed by atoms with Crippen LogP contribution in [-0.4, -0.2) is 17.0 Å². The van der Waals surface area contributed by atoms with Crippen molar-refractivity contribution in [1.82, 2.24) is 5.06 Å². The smallest absolute Gasteiger partial charge is 0.243 e. The van der Waals surface area contributed by atoms with Crippen LogP contribution in [0.15, 0.2) is 24.3 Å². The minimum Gasteiger partial charge on any atom is -0.273 e. The number of hydroxylamine groups is 2. The topological polar surface area (TPSA) is 29.5 Å². The molecule has 0 N–H and O–H groups in total. The molecule has 1 saturated heterocycles. The zero-order valence-electron chi connectivity index (χ0n) is 9.31. The molecule has 1 aromatic carbocycles. The molecule has 0 saturated carbocycles. The van der Waals surface area contributed by atoms with Gasteiger partial charge in [-0.2, -0.15) is 0 Å². The van der Waals surface area contributed by atoms with E-state index in [0.717, 1.165) is 12.0 Å². The maximum Gasteiger partial charge on any atom is 0.243 e. The van der Waals surface area contributed by atoms with Crippen molar-refractivity contribution in [3.8, 4) is 0 Å². The van der Waals surface area contributed by atoms with Crippen LogP contribution in [0.25, 0.3) is 0 Å². The van der Waals surface area contributed by atoms with Gasteiger partial charge in [0.05, 0.1) is 6.04 Å². The summed E-state index contributed by atoms with van der Waals surface area (Å²) in [6, 6.07) is 7.66. The number of benzene rings is 1. The Morgan fingerprint density at radius 3 is 2.56 bits per heavy atom. The third kappa shape index (κ3) is 2.20. The Hall–Kier alpha value is -1.06. The van der Waals surface area contributed by atoms with Crippen LogP contribution in [0.2, 0.25) is 5.02 Å². The largest absolute Gasteiger partial charge is 0.273 e. The molecule has 1 aliphatic rings. The Bertz CT molecular complexity index is 391. The minimum atomic E-state index is -0.0519. The molecule has 0 aromatic heterocycles. The molecule has 4 heteroatoms. The van der Waals surface area contributed by atoms with Gasteiger partial charge in [0, 0.05) is 18.4 Å². The van der Waals surface area contributed by atoms with Gasteiger partial charge < -0.3 is 0 Å². The molecule has 0 unspecified atom stereocenters. The Kier molecular flexibility index (Phi) is 3.17. The van der Waals surface area contributed by atoms with Crippen molar-refractivity contribution in [2.24, 2.45) is 0 Å². The summed E-state index contributed by atoms with van der Waals surface area (Å²) in [5, 5.41) is 2.15. The van der Waals surface area contributed by atoms with E-state index < -0.39 is 0 Å². The summed E-state index contributed by atoms with van der Waals surface area (Å²) in [6.07, 6.45) is 0.775. The van der Waals surface area contributed by atoms with Gasteiger partial charge in [-0.15, -0.1) is 0 Å². The highest BCUT2D eigenvalue weighted by Crippen LogP contribution is 2.33. The standard InChI is InChI=1S/C12H14ClNO2/c1-8-7-12(16-14(8)9(2)15)10-3-5-11(13)6-4-10/h3-6,8,12H,7H2,1-2H3/t8-,12-/m0/s1. The summed E-state index contributed by atoms with van der Waals surface area (Å²) in [5.41, 5.74) is 1.06. The third-order valence-electron chi connectivity index (χ3n) is 2.75. The van der Waals surface area contributed by atoms with Gasteiger partial charge in [0.1, 0.15) is 6.10 Å². The molecule has 0 radical (unpaired) electrons. The maximum absolute atomic E-state index is 11.3. The number of rotatable bonds is 1. The van der Waals surface area contributed by atoms with Crippen LogP contribution in [0.3, 0.4) is 0 Å². The van der Waals surface area contributed by atoms with Crippen molar-refractivity contribution < 1.29 is 9.63 Å². The van der Waals surface area contributed by atoms with Gasteiger partial charge in [0.2, 0.25) is 5.91 Å². The first-order valence-corrected chi connectivity index (χ1v) is 5.68. The fourth-order valence-corrected chi connectivity index (χ4v) is 2.07. The molecule has 0 bridgehead atoms. The van der Waals surface area contributed by atoms with Crippen molar-refractivity contribution in [1.29, 1.82) is 0 Å². The lowest BCUT2D eigenvalue weighted by Crippen LogP contribution is -2.30. The van der Waals surface area contributed by atoms with Gasteiger partial charge in [0.15, 0.2) is 0 Å². The SMILES string of the molecule is CC(=O)N1O[C@H](c2ccc(Cl)cc2)C[C@@H]1C. The van der Waals surface area contributed by atoms with Crippen LogP contribution < -0.4 is 0 Å². The van der Waals surface area contributed by atoms with E-state index in [2.05, 4.69) is 0 Å². The Morgan fingerprint density at radius 2 is 2.06 bits per heavy atom. The predicted molar refractivity (Wildman–Crippen MR) is 61.9 cm³/mol. The zero-order chi connectivity index (χ0) is 11.7. The first kappa shape index (κ1) is 11.4. The van der Waals surface area contributed by atoms with Crippen LogP contribution in [-0.2, 0) is 9.63 Å². The molecular formula is C12H14ClNO2. The van der Waals surface area contributed by atoms with Gasteiger partial charge in [-0.25, -0.2) is 5.06 Å². The predicted octanol–water partition coefficient (Wildman–Crippen LogP) is 2.95. The van der Waals surface area contributed by atoms with E-state index in [1.165, 1.54) is 12.0 Å². The van der Waals surface area contributed by atoms with E-state index in [9.17, 15) is 4.79 Å². The molecule has 16 heavy (non-hydrogen) atoms. The molecular weight excluding hydrogens is 226 g/mol. The number of halogens is 1. The average Bonchev–Trinajstić information content (AvgIpc) is 2.61. The number of amides is 1. The number of carbonyl (C=O) groups excluding carboxylic acids is 1. The van der Waals surface area contributed by atoms with E-state index in [0.29, 0.717) is 5.02 Å². The molecule has 1 amide bonds. The van der Waals surface area contributed by atoms with Crippen LogP contribution >= 0.6 is 11.6 Å². The fraction of sp³-hybridized carbons (Fsp3) is 0.417. The van der Waals surface area contributed by atoms with Crippen LogP contribution in [0, 0.1) is 0 Å². The summed E-state index contributed by atoms with van der Waals surface area (Å²) < 4.78 is 0. The molecule has 0 spiro atoms. The van der Waals surface area contributed by atoms with Crippen LogP contribution in [0.5, 0.6) is 0 Å². The molecule has 2 rings (SSSR count). The Labute approximate surface area is 99.9 Å². The zero-order valence-corrected chi connectivity index (χ0v) is 10.1. The summed E-state index contributed by atoms with van der Waals surface area (Å²) in [5.74, 6) is -0.0519. The van der Waals surface area contributed by atoms with Crippen molar-refractivity contribution in [2.75, 3.05) is 0 Å². The molecule has 1 aromatic rings. The van der Waals surface area contributed by atoms with Crippen LogP contribution in [0.4, 0.5) is 0 Å². The van der Waals surface area contributed by atoms with Crippen LogP contribution in [0.1, 0.15) is 31.9 Å². The lowest BCUT2D eigenvalue weighted by Gasteiger charge is -2.17. The number of hydrogen-bond acceptors (Lipinski definition) is 2. The van der Waals surface area contributed by atoms with E-state index in [-0.39, 0.29) is 18.1 Å². The highest BCUT2D eigenvalue weighted by atomic mass is 35.5. The van der Waals surface area contributed by atoms with E-state index in [1.54, 1.807) is 0 Å². The average molecular weight is 240 g/mol. The molecule has 0 aliphatic carbocycles. The van der Waals surface area contributed by atoms with Gasteiger partial charge in [-0.3, -0.25) is 9.63 Å². The quantitative estimate of drug-likeness (QED) is 0.754. The minimum absolute atomic E-state index is 0.0452. The normalized spacial score (nSPS) is 24.8. The second kappa shape index (κ2) is 4.44. The second-order valence-electron chi connectivity index (χ2n) is 4.08. The Morgan fingerprint density at radius 1 is 1.44 bits per heavy atom. The molecule has 1 heterocycles. The first-order chi connectivity index (χ1) is 7.58. The van der Waals surface area contributed by atoms with Gasteiger partial charge in [-0.1, -0.05) is 23.7 Å². The van der Waals surface area contributed by atoms with Gasteiger partial charge in [0.25, 0.3) is 0 Å². The van der Waals surface area contributed by atoms with E-state index >= 15 is 0 Å². The highest BCUT2D eigenvalue weighted by Gasteiger charge is 2.33. The number of carbonyl (C=O) groups is 1. The monoisotopic (exact) mass is 239 g/mol. The van der Waals surface area contributed by atoms with Gasteiger partial charge >= 0.3 is 0 Å².